The summed E-state index contributed by atoms with van der Waals surface area (Å²) in [5, 5.41) is 10.9. The summed E-state index contributed by atoms with van der Waals surface area (Å²) in [6.07, 6.45) is 3.71. The van der Waals surface area contributed by atoms with Gasteiger partial charge in [0.15, 0.2) is 0 Å². The Kier molecular flexibility index (Phi) is 4.01. The number of benzene rings is 2. The molecule has 1 saturated heterocycles. The highest BCUT2D eigenvalue weighted by atomic mass is 16.5. The van der Waals surface area contributed by atoms with Crippen molar-refractivity contribution < 1.29 is 9.53 Å². The molecular weight excluding hydrogens is 316 g/mol. The minimum Gasteiger partial charge on any atom is -0.497 e. The zero-order valence-corrected chi connectivity index (χ0v) is 14.0. The Morgan fingerprint density at radius 2 is 2.24 bits per heavy atom. The van der Waals surface area contributed by atoms with Crippen molar-refractivity contribution in [3.8, 4) is 5.75 Å². The number of nitrogens with zero attached hydrogens (tertiary/aromatic N) is 2. The van der Waals surface area contributed by atoms with Crippen LogP contribution in [0.5, 0.6) is 5.75 Å². The van der Waals surface area contributed by atoms with E-state index < -0.39 is 0 Å². The number of ether oxygens (including phenoxy) is 1. The second-order valence-electron chi connectivity index (χ2n) is 6.23. The van der Waals surface area contributed by atoms with Gasteiger partial charge in [-0.2, -0.15) is 5.10 Å². The van der Waals surface area contributed by atoms with E-state index in [0.717, 1.165) is 47.3 Å². The molecule has 1 atom stereocenters. The number of nitrogens with one attached hydrogen (secondary N) is 2. The van der Waals surface area contributed by atoms with Crippen molar-refractivity contribution in [2.45, 2.75) is 18.9 Å². The van der Waals surface area contributed by atoms with Crippen LogP contribution >= 0.6 is 0 Å². The van der Waals surface area contributed by atoms with E-state index >= 15 is 0 Å². The summed E-state index contributed by atoms with van der Waals surface area (Å²) >= 11 is 0. The van der Waals surface area contributed by atoms with Gasteiger partial charge in [0.25, 0.3) is 0 Å². The van der Waals surface area contributed by atoms with E-state index in [9.17, 15) is 4.79 Å². The Morgan fingerprint density at radius 3 is 3.12 bits per heavy atom. The molecule has 0 saturated carbocycles. The van der Waals surface area contributed by atoms with Gasteiger partial charge in [-0.05, 0) is 48.7 Å². The quantitative estimate of drug-likeness (QED) is 0.761. The van der Waals surface area contributed by atoms with E-state index in [-0.39, 0.29) is 12.1 Å². The van der Waals surface area contributed by atoms with Crippen molar-refractivity contribution >= 4 is 22.6 Å². The highest BCUT2D eigenvalue weighted by Crippen LogP contribution is 2.34. The van der Waals surface area contributed by atoms with Crippen molar-refractivity contribution in [2.75, 3.05) is 19.0 Å². The molecule has 1 aliphatic rings. The molecule has 6 nitrogen and oxygen atoms in total. The summed E-state index contributed by atoms with van der Waals surface area (Å²) in [5.41, 5.74) is 2.83. The molecule has 2 N–H and O–H groups in total. The molecule has 3 aromatic rings. The predicted octanol–water partition coefficient (Wildman–Crippen LogP) is 3.94. The number of carbonyl (C=O) groups excluding carboxylic acids is 1. The average Bonchev–Trinajstić information content (AvgIpc) is 3.30. The smallest absolute Gasteiger partial charge is 0.322 e. The zero-order valence-electron chi connectivity index (χ0n) is 14.0. The van der Waals surface area contributed by atoms with E-state index in [1.165, 1.54) is 0 Å². The Bertz CT molecular complexity index is 905. The minimum atomic E-state index is -0.0758. The fraction of sp³-hybridized carbons (Fsp3) is 0.263. The maximum Gasteiger partial charge on any atom is 0.322 e. The predicted molar refractivity (Wildman–Crippen MR) is 96.8 cm³/mol. The molecule has 128 valence electrons. The van der Waals surface area contributed by atoms with Gasteiger partial charge in [0, 0.05) is 17.6 Å². The van der Waals surface area contributed by atoms with Gasteiger partial charge in [0.05, 0.1) is 24.9 Å². The number of amides is 2. The second kappa shape index (κ2) is 6.47. The fourth-order valence-corrected chi connectivity index (χ4v) is 3.42. The van der Waals surface area contributed by atoms with Crippen molar-refractivity contribution in [2.24, 2.45) is 0 Å². The van der Waals surface area contributed by atoms with Crippen LogP contribution in [-0.4, -0.2) is 34.8 Å². The summed E-state index contributed by atoms with van der Waals surface area (Å²) < 4.78 is 5.31. The van der Waals surface area contributed by atoms with Crippen LogP contribution in [0.3, 0.4) is 0 Å². The standard InChI is InChI=1S/C19H20N4O2/c1-25-16-5-2-4-13(11-16)18-6-3-9-23(18)19(24)21-15-7-8-17-14(10-15)12-20-22-17/h2,4-5,7-8,10-12,18H,3,6,9H2,1H3,(H,20,22)(H,21,24)/t18-/m1/s1. The molecule has 2 aromatic carbocycles. The van der Waals surface area contributed by atoms with E-state index in [1.807, 2.05) is 41.3 Å². The van der Waals surface area contributed by atoms with Crippen molar-refractivity contribution in [3.05, 3.63) is 54.2 Å². The van der Waals surface area contributed by atoms with Gasteiger partial charge >= 0.3 is 6.03 Å². The van der Waals surface area contributed by atoms with E-state index in [4.69, 9.17) is 4.74 Å². The number of aromatic amines is 1. The maximum atomic E-state index is 12.8. The first-order valence-corrected chi connectivity index (χ1v) is 8.39. The van der Waals surface area contributed by atoms with E-state index in [1.54, 1.807) is 13.3 Å². The largest absolute Gasteiger partial charge is 0.497 e. The summed E-state index contributed by atoms with van der Waals surface area (Å²) in [5.74, 6) is 0.815. The molecule has 1 aliphatic heterocycles. The lowest BCUT2D eigenvalue weighted by atomic mass is 10.0. The fourth-order valence-electron chi connectivity index (χ4n) is 3.42. The minimum absolute atomic E-state index is 0.0758. The lowest BCUT2D eigenvalue weighted by Gasteiger charge is -2.25. The molecule has 4 rings (SSSR count). The molecule has 1 fully saturated rings. The molecular formula is C19H20N4O2. The van der Waals surface area contributed by atoms with Gasteiger partial charge in [-0.3, -0.25) is 5.10 Å². The van der Waals surface area contributed by atoms with Gasteiger partial charge in [0.2, 0.25) is 0 Å². The second-order valence-corrected chi connectivity index (χ2v) is 6.23. The van der Waals surface area contributed by atoms with Gasteiger partial charge in [-0.15, -0.1) is 0 Å². The van der Waals surface area contributed by atoms with Crippen LogP contribution in [0.25, 0.3) is 10.9 Å². The summed E-state index contributed by atoms with van der Waals surface area (Å²) in [6.45, 7) is 0.752. The lowest BCUT2D eigenvalue weighted by Crippen LogP contribution is -2.34. The third kappa shape index (κ3) is 3.03. The molecule has 0 aliphatic carbocycles. The third-order valence-electron chi connectivity index (χ3n) is 4.68. The zero-order chi connectivity index (χ0) is 17.2. The molecule has 2 amide bonds. The monoisotopic (exact) mass is 336 g/mol. The first-order chi connectivity index (χ1) is 12.2. The first kappa shape index (κ1) is 15.5. The number of methoxy groups -OCH3 is 1. The molecule has 0 spiro atoms. The highest BCUT2D eigenvalue weighted by Gasteiger charge is 2.30. The number of carbonyl (C=O) groups is 1. The molecule has 1 aromatic heterocycles. The van der Waals surface area contributed by atoms with Crippen molar-refractivity contribution in [3.63, 3.8) is 0 Å². The van der Waals surface area contributed by atoms with Crippen LogP contribution in [0.15, 0.2) is 48.7 Å². The molecule has 0 unspecified atom stereocenters. The third-order valence-corrected chi connectivity index (χ3v) is 4.68. The SMILES string of the molecule is COc1cccc([C@H]2CCCN2C(=O)Nc2ccc3[nH]ncc3c2)c1. The number of hydrogen-bond acceptors (Lipinski definition) is 3. The molecule has 6 heteroatoms. The summed E-state index contributed by atoms with van der Waals surface area (Å²) in [6, 6.07) is 13.7. The number of likely N-dealkylation sites (tertiary alicyclic amines) is 1. The normalized spacial score (nSPS) is 17.0. The van der Waals surface area contributed by atoms with Crippen LogP contribution in [0.1, 0.15) is 24.4 Å². The number of hydrogen-bond donors (Lipinski definition) is 2. The topological polar surface area (TPSA) is 70.2 Å². The number of anilines is 1. The Labute approximate surface area is 145 Å². The highest BCUT2D eigenvalue weighted by molar-refractivity contribution is 5.92. The Hall–Kier alpha value is -3.02. The number of urea groups is 1. The molecule has 2 heterocycles. The molecule has 0 radical (unpaired) electrons. The molecule has 25 heavy (non-hydrogen) atoms. The summed E-state index contributed by atoms with van der Waals surface area (Å²) in [7, 11) is 1.66. The number of aromatic nitrogens is 2. The maximum absolute atomic E-state index is 12.8. The van der Waals surface area contributed by atoms with Crippen LogP contribution in [0.4, 0.5) is 10.5 Å². The van der Waals surface area contributed by atoms with Gasteiger partial charge < -0.3 is 15.0 Å². The van der Waals surface area contributed by atoms with Crippen LogP contribution in [0, 0.1) is 0 Å². The van der Waals surface area contributed by atoms with Crippen LogP contribution < -0.4 is 10.1 Å². The average molecular weight is 336 g/mol. The van der Waals surface area contributed by atoms with Crippen molar-refractivity contribution in [1.82, 2.24) is 15.1 Å². The lowest BCUT2D eigenvalue weighted by molar-refractivity contribution is 0.207. The van der Waals surface area contributed by atoms with E-state index in [0.29, 0.717) is 0 Å². The number of fused-ring (bicyclic) bond motifs is 1. The van der Waals surface area contributed by atoms with Crippen molar-refractivity contribution in [1.29, 1.82) is 0 Å². The number of rotatable bonds is 3. The Morgan fingerprint density at radius 1 is 1.32 bits per heavy atom. The number of H-pyrrole nitrogens is 1. The van der Waals surface area contributed by atoms with Gasteiger partial charge in [0.1, 0.15) is 5.75 Å². The summed E-state index contributed by atoms with van der Waals surface area (Å²) in [4.78, 5) is 14.7. The first-order valence-electron chi connectivity index (χ1n) is 8.39. The van der Waals surface area contributed by atoms with Gasteiger partial charge in [-0.25, -0.2) is 4.79 Å². The van der Waals surface area contributed by atoms with Crippen LogP contribution in [-0.2, 0) is 0 Å². The molecule has 0 bridgehead atoms. The van der Waals surface area contributed by atoms with Crippen LogP contribution in [0.2, 0.25) is 0 Å². The van der Waals surface area contributed by atoms with E-state index in [2.05, 4.69) is 21.6 Å². The van der Waals surface area contributed by atoms with Gasteiger partial charge in [-0.1, -0.05) is 12.1 Å². The Balaban J connectivity index is 1.53.